The average molecular weight is 237 g/mol. The molecule has 1 aromatic rings. The van der Waals surface area contributed by atoms with Gasteiger partial charge >= 0.3 is 5.97 Å². The summed E-state index contributed by atoms with van der Waals surface area (Å²) >= 11 is 5.62. The molecule has 0 bridgehead atoms. The van der Waals surface area contributed by atoms with Crippen LogP contribution >= 0.6 is 11.6 Å². The Morgan fingerprint density at radius 1 is 1.38 bits per heavy atom. The van der Waals surface area contributed by atoms with Crippen molar-refractivity contribution in [2.24, 2.45) is 0 Å². The number of rotatable bonds is 4. The molecule has 84 valence electrons. The molecule has 0 heterocycles. The van der Waals surface area contributed by atoms with Crippen molar-refractivity contribution >= 4 is 23.6 Å². The first-order valence-electron chi connectivity index (χ1n) is 4.84. The van der Waals surface area contributed by atoms with Crippen LogP contribution in [0.25, 0.3) is 6.08 Å². The normalized spacial score (nSPS) is 11.8. The van der Waals surface area contributed by atoms with Gasteiger partial charge in [0.05, 0.1) is 18.6 Å². The topological polar surface area (TPSA) is 26.3 Å². The van der Waals surface area contributed by atoms with Gasteiger partial charge in [-0.15, -0.1) is 11.6 Å². The van der Waals surface area contributed by atoms with Gasteiger partial charge in [0, 0.05) is 0 Å². The number of carbonyl (C=O) groups is 1. The highest BCUT2D eigenvalue weighted by molar-refractivity contribution is 6.22. The molecule has 1 aromatic carbocycles. The van der Waals surface area contributed by atoms with E-state index in [0.29, 0.717) is 5.57 Å². The molecule has 0 aliphatic rings. The smallest absolute Gasteiger partial charge is 0.334 e. The number of benzene rings is 1. The highest BCUT2D eigenvalue weighted by atomic mass is 35.5. The van der Waals surface area contributed by atoms with E-state index in [1.807, 2.05) is 36.4 Å². The first-order chi connectivity index (χ1) is 7.77. The second-order valence-electron chi connectivity index (χ2n) is 3.09. The van der Waals surface area contributed by atoms with Crippen LogP contribution < -0.4 is 0 Å². The van der Waals surface area contributed by atoms with Crippen LogP contribution in [0.2, 0.25) is 0 Å². The molecule has 0 aromatic heterocycles. The maximum Gasteiger partial charge on any atom is 0.334 e. The molecule has 0 saturated heterocycles. The number of methoxy groups -OCH3 is 1. The monoisotopic (exact) mass is 236 g/mol. The van der Waals surface area contributed by atoms with Crippen molar-refractivity contribution in [3.8, 4) is 0 Å². The molecule has 3 heteroatoms. The minimum Gasteiger partial charge on any atom is -0.466 e. The van der Waals surface area contributed by atoms with E-state index < -0.39 is 5.97 Å². The summed E-state index contributed by atoms with van der Waals surface area (Å²) in [5.41, 5.74) is 1.51. The number of carbonyl (C=O) groups excluding carboxylic acids is 1. The van der Waals surface area contributed by atoms with Gasteiger partial charge in [0.1, 0.15) is 0 Å². The molecule has 0 saturated carbocycles. The van der Waals surface area contributed by atoms with Gasteiger partial charge in [-0.25, -0.2) is 4.79 Å². The van der Waals surface area contributed by atoms with Crippen LogP contribution in [0.4, 0.5) is 0 Å². The van der Waals surface area contributed by atoms with E-state index in [1.54, 1.807) is 12.2 Å². The molecule has 0 spiro atoms. The van der Waals surface area contributed by atoms with Gasteiger partial charge in [0.15, 0.2) is 0 Å². The average Bonchev–Trinajstić information content (AvgIpc) is 2.35. The third-order valence-electron chi connectivity index (χ3n) is 1.98. The largest absolute Gasteiger partial charge is 0.466 e. The Labute approximate surface area is 100 Å². The molecule has 0 amide bonds. The van der Waals surface area contributed by atoms with Gasteiger partial charge in [-0.2, -0.15) is 0 Å². The van der Waals surface area contributed by atoms with Gasteiger partial charge in [-0.05, 0) is 5.56 Å². The molecule has 2 nitrogen and oxygen atoms in total. The van der Waals surface area contributed by atoms with Gasteiger partial charge in [0.25, 0.3) is 0 Å². The summed E-state index contributed by atoms with van der Waals surface area (Å²) in [5, 5.41) is 0. The standard InChI is InChI=1S/C13H13ClO2/c1-16-13(15)12(10-14)9-5-8-11-6-3-2-4-7-11/h2-9H,10H2,1H3. The maximum atomic E-state index is 11.2. The van der Waals surface area contributed by atoms with Gasteiger partial charge in [-0.1, -0.05) is 48.6 Å². The highest BCUT2D eigenvalue weighted by Gasteiger charge is 2.05. The van der Waals surface area contributed by atoms with Crippen molar-refractivity contribution in [1.82, 2.24) is 0 Å². The summed E-state index contributed by atoms with van der Waals surface area (Å²) < 4.78 is 4.58. The second-order valence-corrected chi connectivity index (χ2v) is 3.35. The molecule has 16 heavy (non-hydrogen) atoms. The summed E-state index contributed by atoms with van der Waals surface area (Å²) in [6.07, 6.45) is 5.34. The number of halogens is 1. The van der Waals surface area contributed by atoms with E-state index >= 15 is 0 Å². The highest BCUT2D eigenvalue weighted by Crippen LogP contribution is 2.04. The minimum absolute atomic E-state index is 0.145. The van der Waals surface area contributed by atoms with Crippen molar-refractivity contribution in [3.05, 3.63) is 53.6 Å². The number of allylic oxidation sites excluding steroid dienone is 2. The fourth-order valence-electron chi connectivity index (χ4n) is 1.14. The third kappa shape index (κ3) is 3.91. The zero-order chi connectivity index (χ0) is 11.8. The number of hydrogen-bond donors (Lipinski definition) is 0. The van der Waals surface area contributed by atoms with E-state index in [1.165, 1.54) is 7.11 Å². The van der Waals surface area contributed by atoms with Gasteiger partial charge in [0.2, 0.25) is 0 Å². The fraction of sp³-hybridized carbons (Fsp3) is 0.154. The zero-order valence-corrected chi connectivity index (χ0v) is 9.78. The van der Waals surface area contributed by atoms with Crippen LogP contribution in [-0.4, -0.2) is 19.0 Å². The van der Waals surface area contributed by atoms with Crippen LogP contribution in [-0.2, 0) is 9.53 Å². The van der Waals surface area contributed by atoms with Crippen molar-refractivity contribution in [3.63, 3.8) is 0 Å². The van der Waals surface area contributed by atoms with Crippen molar-refractivity contribution in [2.45, 2.75) is 0 Å². The Bertz CT molecular complexity index is 394. The molecule has 0 aliphatic carbocycles. The summed E-state index contributed by atoms with van der Waals surface area (Å²) in [6, 6.07) is 9.80. The number of esters is 1. The number of hydrogen-bond acceptors (Lipinski definition) is 2. The lowest BCUT2D eigenvalue weighted by Crippen LogP contribution is -2.05. The van der Waals surface area contributed by atoms with Crippen LogP contribution in [0, 0.1) is 0 Å². The van der Waals surface area contributed by atoms with Crippen molar-refractivity contribution in [1.29, 1.82) is 0 Å². The molecule has 0 unspecified atom stereocenters. The Kier molecular flexibility index (Phi) is 5.37. The molecule has 0 atom stereocenters. The first-order valence-corrected chi connectivity index (χ1v) is 5.38. The van der Waals surface area contributed by atoms with Crippen LogP contribution in [0.3, 0.4) is 0 Å². The zero-order valence-electron chi connectivity index (χ0n) is 9.02. The fourth-order valence-corrected chi connectivity index (χ4v) is 1.34. The molecule has 0 radical (unpaired) electrons. The maximum absolute atomic E-state index is 11.2. The lowest BCUT2D eigenvalue weighted by Gasteiger charge is -1.98. The lowest BCUT2D eigenvalue weighted by molar-refractivity contribution is -0.135. The molecule has 0 aliphatic heterocycles. The van der Waals surface area contributed by atoms with E-state index in [4.69, 9.17) is 11.6 Å². The number of alkyl halides is 1. The van der Waals surface area contributed by atoms with Gasteiger partial charge in [-0.3, -0.25) is 0 Å². The second kappa shape index (κ2) is 6.85. The summed E-state index contributed by atoms with van der Waals surface area (Å²) in [7, 11) is 1.34. The van der Waals surface area contributed by atoms with Crippen molar-refractivity contribution in [2.75, 3.05) is 13.0 Å². The summed E-state index contributed by atoms with van der Waals surface area (Å²) in [4.78, 5) is 11.2. The lowest BCUT2D eigenvalue weighted by atomic mass is 10.2. The van der Waals surface area contributed by atoms with Crippen LogP contribution in [0.1, 0.15) is 5.56 Å². The van der Waals surface area contributed by atoms with E-state index in [9.17, 15) is 4.79 Å². The summed E-state index contributed by atoms with van der Waals surface area (Å²) in [5.74, 6) is -0.251. The Morgan fingerprint density at radius 2 is 2.06 bits per heavy atom. The third-order valence-corrected chi connectivity index (χ3v) is 2.27. The number of ether oxygens (including phenoxy) is 1. The molecule has 1 rings (SSSR count). The predicted octanol–water partition coefficient (Wildman–Crippen LogP) is 3.04. The van der Waals surface area contributed by atoms with E-state index in [-0.39, 0.29) is 5.88 Å². The van der Waals surface area contributed by atoms with Crippen molar-refractivity contribution < 1.29 is 9.53 Å². The predicted molar refractivity (Wildman–Crippen MR) is 66.3 cm³/mol. The summed E-state index contributed by atoms with van der Waals surface area (Å²) in [6.45, 7) is 0. The van der Waals surface area contributed by atoms with Crippen LogP contribution in [0.15, 0.2) is 48.1 Å². The Hall–Kier alpha value is -1.54. The minimum atomic E-state index is -0.396. The molecule has 0 fully saturated rings. The van der Waals surface area contributed by atoms with Gasteiger partial charge < -0.3 is 4.74 Å². The first kappa shape index (κ1) is 12.5. The van der Waals surface area contributed by atoms with E-state index in [2.05, 4.69) is 4.74 Å². The Balaban J connectivity index is 2.71. The van der Waals surface area contributed by atoms with Crippen LogP contribution in [0.5, 0.6) is 0 Å². The van der Waals surface area contributed by atoms with E-state index in [0.717, 1.165) is 5.56 Å². The SMILES string of the molecule is COC(=O)C(=CC=Cc1ccccc1)CCl. The molecule has 0 N–H and O–H groups in total. The molecular formula is C13H13ClO2. The Morgan fingerprint density at radius 3 is 2.62 bits per heavy atom. The molecular weight excluding hydrogens is 224 g/mol. The quantitative estimate of drug-likeness (QED) is 0.348.